The summed E-state index contributed by atoms with van der Waals surface area (Å²) in [4.78, 5) is 17.4. The number of anilines is 1. The number of carbonyl (C=O) groups is 1. The molecule has 1 aliphatic rings. The lowest BCUT2D eigenvalue weighted by Crippen LogP contribution is -2.28. The molecular formula is C26H31N3OS. The molecule has 1 aliphatic carbocycles. The van der Waals surface area contributed by atoms with Crippen molar-refractivity contribution < 1.29 is 4.79 Å². The lowest BCUT2D eigenvalue weighted by atomic mass is 9.87. The molecule has 1 aromatic carbocycles. The van der Waals surface area contributed by atoms with Gasteiger partial charge in [-0.3, -0.25) is 9.78 Å². The molecule has 5 heteroatoms. The molecule has 4 nitrogen and oxygen atoms in total. The van der Waals surface area contributed by atoms with E-state index in [1.807, 2.05) is 19.9 Å². The Kier molecular flexibility index (Phi) is 6.54. The molecule has 0 saturated heterocycles. The number of thiophene rings is 1. The molecule has 2 heterocycles. The molecule has 3 aromatic rings. The van der Waals surface area contributed by atoms with E-state index >= 15 is 0 Å². The van der Waals surface area contributed by atoms with Crippen molar-refractivity contribution in [3.05, 3.63) is 58.9 Å². The van der Waals surface area contributed by atoms with Gasteiger partial charge in [0.1, 0.15) is 0 Å². The monoisotopic (exact) mass is 433 g/mol. The van der Waals surface area contributed by atoms with Crippen molar-refractivity contribution in [2.75, 3.05) is 5.32 Å². The third-order valence-corrected chi connectivity index (χ3v) is 6.79. The summed E-state index contributed by atoms with van der Waals surface area (Å²) >= 11 is 1.66. The molecule has 0 atom stereocenters. The summed E-state index contributed by atoms with van der Waals surface area (Å²) in [7, 11) is 0. The molecule has 4 rings (SSSR count). The first-order valence-corrected chi connectivity index (χ1v) is 12.1. The number of hydrogen-bond acceptors (Lipinski definition) is 4. The van der Waals surface area contributed by atoms with Crippen LogP contribution in [0, 0.1) is 5.92 Å². The maximum Gasteiger partial charge on any atom is 0.224 e. The van der Waals surface area contributed by atoms with Gasteiger partial charge in [0, 0.05) is 23.1 Å². The first-order valence-electron chi connectivity index (χ1n) is 11.1. The van der Waals surface area contributed by atoms with Gasteiger partial charge in [0.2, 0.25) is 5.91 Å². The zero-order valence-corrected chi connectivity index (χ0v) is 19.2. The van der Waals surface area contributed by atoms with Crippen LogP contribution < -0.4 is 11.1 Å². The first-order chi connectivity index (χ1) is 14.9. The minimum atomic E-state index is -0.380. The van der Waals surface area contributed by atoms with Crippen molar-refractivity contribution in [3.8, 4) is 22.4 Å². The van der Waals surface area contributed by atoms with Crippen LogP contribution >= 0.6 is 11.3 Å². The van der Waals surface area contributed by atoms with E-state index in [1.54, 1.807) is 17.5 Å². The van der Waals surface area contributed by atoms with E-state index < -0.39 is 0 Å². The highest BCUT2D eigenvalue weighted by molar-refractivity contribution is 7.08. The van der Waals surface area contributed by atoms with Crippen LogP contribution in [0.5, 0.6) is 0 Å². The van der Waals surface area contributed by atoms with Crippen molar-refractivity contribution in [1.82, 2.24) is 4.98 Å². The number of amides is 1. The van der Waals surface area contributed by atoms with E-state index in [2.05, 4.69) is 46.4 Å². The minimum Gasteiger partial charge on any atom is -0.325 e. The molecule has 0 radical (unpaired) electrons. The molecule has 2 aromatic heterocycles. The van der Waals surface area contributed by atoms with Gasteiger partial charge in [-0.1, -0.05) is 43.5 Å². The summed E-state index contributed by atoms with van der Waals surface area (Å²) in [6.45, 7) is 4.00. The van der Waals surface area contributed by atoms with Crippen LogP contribution in [0.1, 0.15) is 57.9 Å². The number of nitrogens with zero attached hydrogens (tertiary/aromatic N) is 1. The highest BCUT2D eigenvalue weighted by Crippen LogP contribution is 2.34. The predicted molar refractivity (Wildman–Crippen MR) is 130 cm³/mol. The topological polar surface area (TPSA) is 68.0 Å². The van der Waals surface area contributed by atoms with Crippen molar-refractivity contribution in [2.24, 2.45) is 11.7 Å². The lowest BCUT2D eigenvalue weighted by molar-refractivity contribution is -0.117. The minimum absolute atomic E-state index is 0.0900. The lowest BCUT2D eigenvalue weighted by Gasteiger charge is -2.21. The van der Waals surface area contributed by atoms with Gasteiger partial charge in [-0.15, -0.1) is 0 Å². The van der Waals surface area contributed by atoms with Gasteiger partial charge in [0.15, 0.2) is 0 Å². The highest BCUT2D eigenvalue weighted by Gasteiger charge is 2.19. The fourth-order valence-corrected chi connectivity index (χ4v) is 4.98. The number of nitrogens with two attached hydrogens (primary N) is 1. The number of hydrogen-bond donors (Lipinski definition) is 2. The van der Waals surface area contributed by atoms with Crippen LogP contribution in [0.3, 0.4) is 0 Å². The molecule has 162 valence electrons. The number of pyridine rings is 1. The van der Waals surface area contributed by atoms with Gasteiger partial charge in [-0.2, -0.15) is 11.3 Å². The number of aromatic nitrogens is 1. The smallest absolute Gasteiger partial charge is 0.224 e. The van der Waals surface area contributed by atoms with E-state index in [-0.39, 0.29) is 11.4 Å². The Bertz CT molecular complexity index is 1010. The average Bonchev–Trinajstić information content (AvgIpc) is 3.29. The third-order valence-electron chi connectivity index (χ3n) is 6.10. The van der Waals surface area contributed by atoms with Crippen molar-refractivity contribution in [2.45, 2.75) is 57.9 Å². The molecule has 3 N–H and O–H groups in total. The highest BCUT2D eigenvalue weighted by atomic mass is 32.1. The fourth-order valence-electron chi connectivity index (χ4n) is 4.32. The van der Waals surface area contributed by atoms with Crippen molar-refractivity contribution in [3.63, 3.8) is 0 Å². The van der Waals surface area contributed by atoms with Gasteiger partial charge in [-0.25, -0.2) is 0 Å². The second-order valence-corrected chi connectivity index (χ2v) is 9.97. The van der Waals surface area contributed by atoms with E-state index in [0.717, 1.165) is 33.6 Å². The molecule has 0 bridgehead atoms. The Morgan fingerprint density at radius 2 is 1.87 bits per heavy atom. The number of rotatable bonds is 6. The standard InChI is InChI=1S/C26H31N3OS/c1-26(2,27)21-10-8-19(9-11-21)25-23(20-12-13-31-17-20)15-22(16-28-25)29-24(30)14-18-6-4-3-5-7-18/h8-13,15-18H,3-7,14,27H2,1-2H3,(H,29,30). The molecule has 1 fully saturated rings. The Balaban J connectivity index is 1.59. The van der Waals surface area contributed by atoms with Crippen LogP contribution in [-0.2, 0) is 10.3 Å². The van der Waals surface area contributed by atoms with Gasteiger partial charge in [0.25, 0.3) is 0 Å². The zero-order valence-electron chi connectivity index (χ0n) is 18.4. The van der Waals surface area contributed by atoms with E-state index in [4.69, 9.17) is 10.7 Å². The van der Waals surface area contributed by atoms with Gasteiger partial charge in [-0.05, 0) is 66.6 Å². The van der Waals surface area contributed by atoms with Crippen LogP contribution in [0.2, 0.25) is 0 Å². The summed E-state index contributed by atoms with van der Waals surface area (Å²) in [5, 5.41) is 7.26. The van der Waals surface area contributed by atoms with E-state index in [9.17, 15) is 4.79 Å². The quantitative estimate of drug-likeness (QED) is 0.461. The van der Waals surface area contributed by atoms with Gasteiger partial charge >= 0.3 is 0 Å². The second kappa shape index (κ2) is 9.33. The summed E-state index contributed by atoms with van der Waals surface area (Å²) in [6, 6.07) is 12.4. The number of nitrogens with one attached hydrogen (secondary N) is 1. The molecule has 0 spiro atoms. The molecule has 1 amide bonds. The molecule has 0 aliphatic heterocycles. The van der Waals surface area contributed by atoms with Crippen LogP contribution in [0.25, 0.3) is 22.4 Å². The summed E-state index contributed by atoms with van der Waals surface area (Å²) in [5.74, 6) is 0.606. The summed E-state index contributed by atoms with van der Waals surface area (Å²) in [6.07, 6.45) is 8.50. The first kappa shape index (κ1) is 21.7. The van der Waals surface area contributed by atoms with Crippen LogP contribution in [0.15, 0.2) is 53.4 Å². The Labute approximate surface area is 188 Å². The van der Waals surface area contributed by atoms with Gasteiger partial charge in [0.05, 0.1) is 17.6 Å². The molecular weight excluding hydrogens is 402 g/mol. The number of carbonyl (C=O) groups excluding carboxylic acids is 1. The summed E-state index contributed by atoms with van der Waals surface area (Å²) in [5.41, 5.74) is 11.8. The predicted octanol–water partition coefficient (Wildman–Crippen LogP) is 6.58. The second-order valence-electron chi connectivity index (χ2n) is 9.19. The third kappa shape index (κ3) is 5.41. The maximum atomic E-state index is 12.6. The molecule has 1 saturated carbocycles. The van der Waals surface area contributed by atoms with Crippen LogP contribution in [-0.4, -0.2) is 10.9 Å². The fraction of sp³-hybridized carbons (Fsp3) is 0.385. The van der Waals surface area contributed by atoms with Crippen molar-refractivity contribution >= 4 is 22.9 Å². The largest absolute Gasteiger partial charge is 0.325 e. The Morgan fingerprint density at radius 1 is 1.13 bits per heavy atom. The molecule has 0 unspecified atom stereocenters. The van der Waals surface area contributed by atoms with Crippen molar-refractivity contribution in [1.29, 1.82) is 0 Å². The Hall–Kier alpha value is -2.50. The SMILES string of the molecule is CC(C)(N)c1ccc(-c2ncc(NC(=O)CC3CCCCC3)cc2-c2ccsc2)cc1. The molecule has 31 heavy (non-hydrogen) atoms. The Morgan fingerprint density at radius 3 is 2.52 bits per heavy atom. The average molecular weight is 434 g/mol. The number of benzene rings is 1. The van der Waals surface area contributed by atoms with Gasteiger partial charge < -0.3 is 11.1 Å². The zero-order chi connectivity index (χ0) is 21.8. The van der Waals surface area contributed by atoms with Crippen LogP contribution in [0.4, 0.5) is 5.69 Å². The van der Waals surface area contributed by atoms with E-state index in [0.29, 0.717) is 12.3 Å². The summed E-state index contributed by atoms with van der Waals surface area (Å²) < 4.78 is 0. The normalized spacial score (nSPS) is 15.1. The maximum absolute atomic E-state index is 12.6. The van der Waals surface area contributed by atoms with E-state index in [1.165, 1.54) is 32.1 Å².